The molecule has 0 aliphatic heterocycles. The Balaban J connectivity index is 1.22. The molecule has 0 bridgehead atoms. The van der Waals surface area contributed by atoms with E-state index in [0.717, 1.165) is 44.4 Å². The van der Waals surface area contributed by atoms with E-state index >= 15 is 0 Å². The van der Waals surface area contributed by atoms with E-state index in [0.29, 0.717) is 28.7 Å². The van der Waals surface area contributed by atoms with Crippen molar-refractivity contribution in [3.8, 4) is 0 Å². The fourth-order valence-corrected chi connectivity index (χ4v) is 9.74. The van der Waals surface area contributed by atoms with Gasteiger partial charge in [0.15, 0.2) is 11.6 Å². The number of hydrogen-bond donors (Lipinski definition) is 1. The van der Waals surface area contributed by atoms with Crippen LogP contribution in [0.1, 0.15) is 85.0 Å². The van der Waals surface area contributed by atoms with Crippen LogP contribution in [0.3, 0.4) is 0 Å². The van der Waals surface area contributed by atoms with Gasteiger partial charge in [0, 0.05) is 5.92 Å². The van der Waals surface area contributed by atoms with Crippen molar-refractivity contribution in [2.45, 2.75) is 97.1 Å². The minimum atomic E-state index is -0.502. The SMILES string of the molecule is CC[C@]12CC[C@@](C)(O)C[C@@H]1CC[C@H]1[C@@H]3CC[C@H](C(=O)Cn4nc5cccc(F)c5n4)[C@@]3(C)CC[C@@H]12. The molecule has 4 aliphatic rings. The molecule has 190 valence electrons. The van der Waals surface area contributed by atoms with Gasteiger partial charge in [0.1, 0.15) is 17.6 Å². The Kier molecular flexibility index (Phi) is 5.45. The number of carbonyl (C=O) groups excluding carboxylic acids is 1. The summed E-state index contributed by atoms with van der Waals surface area (Å²) in [7, 11) is 0. The van der Waals surface area contributed by atoms with E-state index in [-0.39, 0.29) is 29.2 Å². The van der Waals surface area contributed by atoms with E-state index in [4.69, 9.17) is 0 Å². The van der Waals surface area contributed by atoms with Gasteiger partial charge in [-0.15, -0.1) is 5.10 Å². The van der Waals surface area contributed by atoms with Gasteiger partial charge in [0.05, 0.1) is 5.60 Å². The van der Waals surface area contributed by atoms with Gasteiger partial charge in [0.2, 0.25) is 0 Å². The first-order valence-corrected chi connectivity index (χ1v) is 13.9. The molecule has 0 unspecified atom stereocenters. The number of benzene rings is 1. The van der Waals surface area contributed by atoms with Crippen molar-refractivity contribution >= 4 is 16.8 Å². The minimum Gasteiger partial charge on any atom is -0.390 e. The number of nitrogens with zero attached hydrogens (tertiary/aromatic N) is 3. The molecule has 4 aliphatic carbocycles. The van der Waals surface area contributed by atoms with Crippen molar-refractivity contribution in [2.75, 3.05) is 0 Å². The third-order valence-electron chi connectivity index (χ3n) is 11.4. The van der Waals surface area contributed by atoms with Crippen LogP contribution in [0.15, 0.2) is 18.2 Å². The van der Waals surface area contributed by atoms with Crippen LogP contribution in [-0.4, -0.2) is 31.5 Å². The lowest BCUT2D eigenvalue weighted by atomic mass is 9.42. The molecule has 4 saturated carbocycles. The molecule has 1 aromatic heterocycles. The first-order valence-electron chi connectivity index (χ1n) is 13.9. The second-order valence-electron chi connectivity index (χ2n) is 12.9. The van der Waals surface area contributed by atoms with Gasteiger partial charge in [0.25, 0.3) is 0 Å². The maximum atomic E-state index is 14.1. The average Bonchev–Trinajstić information content (AvgIpc) is 3.39. The number of hydrogen-bond acceptors (Lipinski definition) is 4. The standard InChI is InChI=1S/C29H40FN3O2/c1-4-29-15-14-27(2,35)16-18(29)8-9-19-20-10-11-22(28(20,3)13-12-21(19)29)25(34)17-33-31-24-7-5-6-23(30)26(24)32-33/h5-7,18-22,35H,4,8-17H2,1-3H3/t18-,19-,20-,21-,22+,27+,28-,29-/m0/s1. The molecule has 1 aromatic carbocycles. The van der Waals surface area contributed by atoms with Gasteiger partial charge in [-0.05, 0) is 118 Å². The van der Waals surface area contributed by atoms with Gasteiger partial charge in [-0.25, -0.2) is 4.39 Å². The van der Waals surface area contributed by atoms with Crippen LogP contribution in [0.2, 0.25) is 0 Å². The predicted octanol–water partition coefficient (Wildman–Crippen LogP) is 5.94. The maximum Gasteiger partial charge on any atom is 0.159 e. The minimum absolute atomic E-state index is 0.0369. The molecular weight excluding hydrogens is 441 g/mol. The molecule has 1 N–H and O–H groups in total. The Labute approximate surface area is 207 Å². The lowest BCUT2D eigenvalue weighted by Crippen LogP contribution is -2.56. The van der Waals surface area contributed by atoms with Gasteiger partial charge in [-0.3, -0.25) is 4.79 Å². The van der Waals surface area contributed by atoms with Crippen LogP contribution < -0.4 is 0 Å². The first kappa shape index (κ1) is 23.6. The Bertz CT molecular complexity index is 1140. The van der Waals surface area contributed by atoms with Gasteiger partial charge >= 0.3 is 0 Å². The summed E-state index contributed by atoms with van der Waals surface area (Å²) in [6.07, 6.45) is 11.2. The molecule has 6 rings (SSSR count). The van der Waals surface area contributed by atoms with Gasteiger partial charge in [-0.2, -0.15) is 9.90 Å². The summed E-state index contributed by atoms with van der Waals surface area (Å²) in [5, 5.41) is 19.5. The second-order valence-corrected chi connectivity index (χ2v) is 12.9. The van der Waals surface area contributed by atoms with E-state index < -0.39 is 11.4 Å². The number of carbonyl (C=O) groups is 1. The second kappa shape index (κ2) is 8.09. The zero-order chi connectivity index (χ0) is 24.6. The summed E-state index contributed by atoms with van der Waals surface area (Å²) in [6, 6.07) is 4.76. The van der Waals surface area contributed by atoms with Crippen molar-refractivity contribution in [3.63, 3.8) is 0 Å². The van der Waals surface area contributed by atoms with Crippen molar-refractivity contribution in [1.29, 1.82) is 0 Å². The van der Waals surface area contributed by atoms with Crippen molar-refractivity contribution in [1.82, 2.24) is 15.0 Å². The molecule has 1 heterocycles. The molecule has 2 aromatic rings. The van der Waals surface area contributed by atoms with Gasteiger partial charge in [-0.1, -0.05) is 19.9 Å². The Hall–Kier alpha value is -1.82. The molecule has 8 atom stereocenters. The van der Waals surface area contributed by atoms with Crippen molar-refractivity contribution in [2.24, 2.45) is 40.4 Å². The molecule has 0 spiro atoms. The summed E-state index contributed by atoms with van der Waals surface area (Å²) in [6.45, 7) is 6.93. The number of rotatable bonds is 4. The lowest BCUT2D eigenvalue weighted by Gasteiger charge is -2.63. The summed E-state index contributed by atoms with van der Waals surface area (Å²) in [5.74, 6) is 2.53. The maximum absolute atomic E-state index is 14.1. The van der Waals surface area contributed by atoms with E-state index in [2.05, 4.69) is 24.0 Å². The largest absolute Gasteiger partial charge is 0.390 e. The van der Waals surface area contributed by atoms with Crippen LogP contribution in [0.4, 0.5) is 4.39 Å². The monoisotopic (exact) mass is 481 g/mol. The highest BCUT2D eigenvalue weighted by atomic mass is 19.1. The zero-order valence-corrected chi connectivity index (χ0v) is 21.5. The molecule has 4 fully saturated rings. The molecule has 0 amide bonds. The Morgan fingerprint density at radius 2 is 1.91 bits per heavy atom. The van der Waals surface area contributed by atoms with Crippen LogP contribution in [-0.2, 0) is 11.3 Å². The third kappa shape index (κ3) is 3.53. The quantitative estimate of drug-likeness (QED) is 0.587. The average molecular weight is 482 g/mol. The first-order chi connectivity index (χ1) is 16.7. The Morgan fingerprint density at radius 3 is 2.69 bits per heavy atom. The highest BCUT2D eigenvalue weighted by molar-refractivity contribution is 5.82. The number of aliphatic hydroxyl groups is 1. The smallest absolute Gasteiger partial charge is 0.159 e. The number of ketones is 1. The lowest BCUT2D eigenvalue weighted by molar-refractivity contribution is -0.158. The molecular formula is C29H40FN3O2. The summed E-state index contributed by atoms with van der Waals surface area (Å²) in [4.78, 5) is 15.0. The van der Waals surface area contributed by atoms with E-state index in [1.54, 1.807) is 12.1 Å². The fraction of sp³-hybridized carbons (Fsp3) is 0.759. The third-order valence-corrected chi connectivity index (χ3v) is 11.4. The van der Waals surface area contributed by atoms with Crippen LogP contribution in [0.25, 0.3) is 11.0 Å². The molecule has 6 heteroatoms. The van der Waals surface area contributed by atoms with Crippen molar-refractivity contribution in [3.05, 3.63) is 24.0 Å². The van der Waals surface area contributed by atoms with Gasteiger partial charge < -0.3 is 5.11 Å². The van der Waals surface area contributed by atoms with Crippen LogP contribution in [0, 0.1) is 46.2 Å². The summed E-state index contributed by atoms with van der Waals surface area (Å²) in [5.41, 5.74) is 0.653. The predicted molar refractivity (Wildman–Crippen MR) is 133 cm³/mol. The topological polar surface area (TPSA) is 68.0 Å². The number of fused-ring (bicyclic) bond motifs is 6. The molecule has 0 saturated heterocycles. The normalized spacial score (nSPS) is 42.9. The van der Waals surface area contributed by atoms with Crippen LogP contribution >= 0.6 is 0 Å². The number of Topliss-reactive ketones (excluding diaryl/α,β-unsaturated/α-hetero) is 1. The molecule has 5 nitrogen and oxygen atoms in total. The zero-order valence-electron chi connectivity index (χ0n) is 21.5. The summed E-state index contributed by atoms with van der Waals surface area (Å²) >= 11 is 0. The number of aromatic nitrogens is 3. The van der Waals surface area contributed by atoms with E-state index in [1.807, 2.05) is 6.92 Å². The summed E-state index contributed by atoms with van der Waals surface area (Å²) < 4.78 is 14.1. The van der Waals surface area contributed by atoms with E-state index in [1.165, 1.54) is 36.5 Å². The highest BCUT2D eigenvalue weighted by Gasteiger charge is 2.62. The Morgan fingerprint density at radius 1 is 1.09 bits per heavy atom. The number of halogens is 1. The van der Waals surface area contributed by atoms with Crippen LogP contribution in [0.5, 0.6) is 0 Å². The fourth-order valence-electron chi connectivity index (χ4n) is 9.74. The molecule has 0 radical (unpaired) electrons. The van der Waals surface area contributed by atoms with E-state index in [9.17, 15) is 14.3 Å². The van der Waals surface area contributed by atoms with Crippen molar-refractivity contribution < 1.29 is 14.3 Å². The molecule has 35 heavy (non-hydrogen) atoms. The highest BCUT2D eigenvalue weighted by Crippen LogP contribution is 2.69.